The number of nitro groups is 1. The Bertz CT molecular complexity index is 513. The van der Waals surface area contributed by atoms with Crippen molar-refractivity contribution < 1.29 is 19.6 Å². The number of carbonyl (C=O) groups is 1. The number of amides is 1. The number of ether oxygens (including phenoxy) is 1. The summed E-state index contributed by atoms with van der Waals surface area (Å²) in [5, 5.41) is 23.1. The standard InChI is InChI=1S/C13H16N2O5/c16-12(14-9-13(17)6-3-7-13)8-20-11-5-2-1-4-10(11)15(18)19/h1-2,4-5,17H,3,6-9H2,(H,14,16). The van der Waals surface area contributed by atoms with Crippen molar-refractivity contribution in [2.24, 2.45) is 0 Å². The highest BCUT2D eigenvalue weighted by atomic mass is 16.6. The molecule has 0 heterocycles. The zero-order valence-electron chi connectivity index (χ0n) is 10.9. The lowest BCUT2D eigenvalue weighted by Crippen LogP contribution is -2.48. The van der Waals surface area contributed by atoms with Crippen LogP contribution >= 0.6 is 0 Å². The number of hydrogen-bond acceptors (Lipinski definition) is 5. The maximum atomic E-state index is 11.6. The van der Waals surface area contributed by atoms with Gasteiger partial charge in [0.05, 0.1) is 10.5 Å². The molecule has 1 aromatic carbocycles. The molecule has 0 spiro atoms. The summed E-state index contributed by atoms with van der Waals surface area (Å²) >= 11 is 0. The summed E-state index contributed by atoms with van der Waals surface area (Å²) in [7, 11) is 0. The predicted octanol–water partition coefficient (Wildman–Crippen LogP) is 1.00. The summed E-state index contributed by atoms with van der Waals surface area (Å²) in [5.41, 5.74) is -0.980. The lowest BCUT2D eigenvalue weighted by Gasteiger charge is -2.36. The van der Waals surface area contributed by atoms with Crippen LogP contribution in [-0.2, 0) is 4.79 Å². The van der Waals surface area contributed by atoms with E-state index in [4.69, 9.17) is 4.74 Å². The van der Waals surface area contributed by atoms with Crippen LogP contribution in [0, 0.1) is 10.1 Å². The highest BCUT2D eigenvalue weighted by molar-refractivity contribution is 5.77. The van der Waals surface area contributed by atoms with E-state index < -0.39 is 16.4 Å². The molecule has 0 radical (unpaired) electrons. The maximum absolute atomic E-state index is 11.6. The number of benzene rings is 1. The summed E-state index contributed by atoms with van der Waals surface area (Å²) in [6.07, 6.45) is 2.32. The van der Waals surface area contributed by atoms with Crippen LogP contribution < -0.4 is 10.1 Å². The molecule has 1 aliphatic carbocycles. The molecule has 2 rings (SSSR count). The van der Waals surface area contributed by atoms with Gasteiger partial charge in [0.1, 0.15) is 0 Å². The molecule has 20 heavy (non-hydrogen) atoms. The van der Waals surface area contributed by atoms with E-state index in [0.29, 0.717) is 12.8 Å². The van der Waals surface area contributed by atoms with Crippen molar-refractivity contribution in [1.29, 1.82) is 0 Å². The molecule has 0 aromatic heterocycles. The Labute approximate surface area is 115 Å². The van der Waals surface area contributed by atoms with Crippen molar-refractivity contribution in [2.45, 2.75) is 24.9 Å². The van der Waals surface area contributed by atoms with Gasteiger partial charge in [-0.25, -0.2) is 0 Å². The van der Waals surface area contributed by atoms with E-state index in [1.807, 2.05) is 0 Å². The lowest BCUT2D eigenvalue weighted by atomic mass is 9.80. The average Bonchev–Trinajstić information content (AvgIpc) is 2.41. The summed E-state index contributed by atoms with van der Waals surface area (Å²) in [5.74, 6) is -0.363. The molecule has 0 saturated heterocycles. The van der Waals surface area contributed by atoms with Crippen LogP contribution in [0.4, 0.5) is 5.69 Å². The fraction of sp³-hybridized carbons (Fsp3) is 0.462. The van der Waals surface area contributed by atoms with Gasteiger partial charge in [-0.3, -0.25) is 14.9 Å². The molecule has 2 N–H and O–H groups in total. The summed E-state index contributed by atoms with van der Waals surface area (Å²) in [4.78, 5) is 21.8. The third-order valence-corrected chi connectivity index (χ3v) is 3.32. The summed E-state index contributed by atoms with van der Waals surface area (Å²) in [6, 6.07) is 5.86. The molecule has 1 saturated carbocycles. The van der Waals surface area contributed by atoms with Gasteiger partial charge in [-0.05, 0) is 25.3 Å². The molecular formula is C13H16N2O5. The number of para-hydroxylation sites is 2. The minimum absolute atomic E-state index is 0.0509. The fourth-order valence-corrected chi connectivity index (χ4v) is 1.95. The highest BCUT2D eigenvalue weighted by Gasteiger charge is 2.34. The van der Waals surface area contributed by atoms with Crippen molar-refractivity contribution in [1.82, 2.24) is 5.32 Å². The maximum Gasteiger partial charge on any atom is 0.310 e. The van der Waals surface area contributed by atoms with E-state index in [9.17, 15) is 20.0 Å². The summed E-state index contributed by atoms with van der Waals surface area (Å²) < 4.78 is 5.14. The van der Waals surface area contributed by atoms with Gasteiger partial charge in [-0.15, -0.1) is 0 Å². The second kappa shape index (κ2) is 5.87. The van der Waals surface area contributed by atoms with Crippen LogP contribution in [0.15, 0.2) is 24.3 Å². The Morgan fingerprint density at radius 2 is 2.15 bits per heavy atom. The van der Waals surface area contributed by atoms with Crippen LogP contribution in [-0.4, -0.2) is 34.7 Å². The van der Waals surface area contributed by atoms with E-state index in [1.54, 1.807) is 6.07 Å². The van der Waals surface area contributed by atoms with Gasteiger partial charge >= 0.3 is 5.69 Å². The number of aliphatic hydroxyl groups is 1. The van der Waals surface area contributed by atoms with Gasteiger partial charge in [0.15, 0.2) is 12.4 Å². The zero-order chi connectivity index (χ0) is 14.6. The van der Waals surface area contributed by atoms with Gasteiger partial charge in [-0.1, -0.05) is 12.1 Å². The first-order chi connectivity index (χ1) is 9.50. The van der Waals surface area contributed by atoms with Crippen molar-refractivity contribution in [2.75, 3.05) is 13.2 Å². The average molecular weight is 280 g/mol. The third kappa shape index (κ3) is 3.45. The lowest BCUT2D eigenvalue weighted by molar-refractivity contribution is -0.385. The van der Waals surface area contributed by atoms with Gasteiger partial charge in [0.25, 0.3) is 5.91 Å². The van der Waals surface area contributed by atoms with Crippen LogP contribution in [0.25, 0.3) is 0 Å². The number of nitrogens with one attached hydrogen (secondary N) is 1. The van der Waals surface area contributed by atoms with E-state index in [2.05, 4.69) is 5.32 Å². The number of hydrogen-bond donors (Lipinski definition) is 2. The minimum Gasteiger partial charge on any atom is -0.477 e. The van der Waals surface area contributed by atoms with Gasteiger partial charge in [0.2, 0.25) is 0 Å². The Hall–Kier alpha value is -2.15. The number of nitrogens with zero attached hydrogens (tertiary/aromatic N) is 1. The van der Waals surface area contributed by atoms with Crippen molar-refractivity contribution in [3.05, 3.63) is 34.4 Å². The number of nitro benzene ring substituents is 1. The zero-order valence-corrected chi connectivity index (χ0v) is 10.9. The van der Waals surface area contributed by atoms with Gasteiger partial charge < -0.3 is 15.2 Å². The molecule has 0 atom stereocenters. The molecule has 1 aliphatic rings. The Balaban J connectivity index is 1.82. The van der Waals surface area contributed by atoms with Crippen molar-refractivity contribution >= 4 is 11.6 Å². The minimum atomic E-state index is -0.797. The number of carbonyl (C=O) groups excluding carboxylic acids is 1. The first-order valence-corrected chi connectivity index (χ1v) is 6.35. The smallest absolute Gasteiger partial charge is 0.310 e. The molecule has 1 aromatic rings. The molecule has 108 valence electrons. The second-order valence-electron chi connectivity index (χ2n) is 4.87. The van der Waals surface area contributed by atoms with Crippen LogP contribution in [0.3, 0.4) is 0 Å². The topological polar surface area (TPSA) is 102 Å². The highest BCUT2D eigenvalue weighted by Crippen LogP contribution is 2.30. The van der Waals surface area contributed by atoms with E-state index >= 15 is 0 Å². The van der Waals surface area contributed by atoms with Gasteiger partial charge in [-0.2, -0.15) is 0 Å². The van der Waals surface area contributed by atoms with E-state index in [0.717, 1.165) is 6.42 Å². The molecule has 1 amide bonds. The molecule has 0 bridgehead atoms. The van der Waals surface area contributed by atoms with Crippen LogP contribution in [0.2, 0.25) is 0 Å². The monoisotopic (exact) mass is 280 g/mol. The normalized spacial score (nSPS) is 16.1. The quantitative estimate of drug-likeness (QED) is 0.598. The van der Waals surface area contributed by atoms with Crippen LogP contribution in [0.1, 0.15) is 19.3 Å². The third-order valence-electron chi connectivity index (χ3n) is 3.32. The Kier molecular flexibility index (Phi) is 4.19. The molecular weight excluding hydrogens is 264 g/mol. The SMILES string of the molecule is O=C(COc1ccccc1[N+](=O)[O-])NCC1(O)CCC1. The largest absolute Gasteiger partial charge is 0.477 e. The molecule has 1 fully saturated rings. The Morgan fingerprint density at radius 3 is 2.75 bits per heavy atom. The molecule has 0 aliphatic heterocycles. The van der Waals surface area contributed by atoms with Crippen molar-refractivity contribution in [3.63, 3.8) is 0 Å². The van der Waals surface area contributed by atoms with Gasteiger partial charge in [0, 0.05) is 12.6 Å². The molecule has 7 nitrogen and oxygen atoms in total. The summed E-state index contributed by atoms with van der Waals surface area (Å²) in [6.45, 7) is -0.132. The predicted molar refractivity (Wildman–Crippen MR) is 70.4 cm³/mol. The first-order valence-electron chi connectivity index (χ1n) is 6.35. The number of rotatable bonds is 6. The van der Waals surface area contributed by atoms with E-state index in [-0.39, 0.29) is 24.6 Å². The molecule has 7 heteroatoms. The molecule has 0 unspecified atom stereocenters. The Morgan fingerprint density at radius 1 is 1.45 bits per heavy atom. The second-order valence-corrected chi connectivity index (χ2v) is 4.87. The first kappa shape index (κ1) is 14.3. The van der Waals surface area contributed by atoms with Crippen molar-refractivity contribution in [3.8, 4) is 5.75 Å². The van der Waals surface area contributed by atoms with E-state index in [1.165, 1.54) is 18.2 Å². The fourth-order valence-electron chi connectivity index (χ4n) is 1.95. The van der Waals surface area contributed by atoms with Crippen LogP contribution in [0.5, 0.6) is 5.75 Å².